The summed E-state index contributed by atoms with van der Waals surface area (Å²) in [6.45, 7) is 5.45. The third-order valence-electron chi connectivity index (χ3n) is 3.09. The number of carbonyl (C=O) groups is 1. The maximum atomic E-state index is 11.4. The van der Waals surface area contributed by atoms with Gasteiger partial charge in [0.15, 0.2) is 0 Å². The summed E-state index contributed by atoms with van der Waals surface area (Å²) < 4.78 is 0. The fraction of sp³-hybridized carbons (Fsp3) is 0.889. The van der Waals surface area contributed by atoms with Gasteiger partial charge in [-0.25, -0.2) is 0 Å². The molecule has 2 saturated heterocycles. The highest BCUT2D eigenvalue weighted by Gasteiger charge is 2.40. The van der Waals surface area contributed by atoms with Gasteiger partial charge in [-0.2, -0.15) is 0 Å². The second-order valence-electron chi connectivity index (χ2n) is 3.73. The number of hydrogen-bond donors (Lipinski definition) is 0. The lowest BCUT2D eigenvalue weighted by atomic mass is 9.88. The zero-order chi connectivity index (χ0) is 7.84. The Hall–Kier alpha value is -0.370. The lowest BCUT2D eigenvalue weighted by molar-refractivity contribution is -0.123. The number of ketones is 1. The first kappa shape index (κ1) is 7.29. The molecule has 2 rings (SSSR count). The van der Waals surface area contributed by atoms with Gasteiger partial charge in [-0.1, -0.05) is 6.92 Å². The molecule has 62 valence electrons. The number of fused-ring (bicyclic) bond motifs is 2. The molecule has 1 unspecified atom stereocenters. The third kappa shape index (κ3) is 1.09. The summed E-state index contributed by atoms with van der Waals surface area (Å²) in [5.41, 5.74) is 0. The predicted octanol–water partition coefficient (Wildman–Crippen LogP) is 0.917. The zero-order valence-corrected chi connectivity index (χ0v) is 7.05. The number of carbonyl (C=O) groups excluding carboxylic acids is 1. The van der Waals surface area contributed by atoms with Crippen LogP contribution in [-0.4, -0.2) is 30.3 Å². The van der Waals surface area contributed by atoms with E-state index < -0.39 is 0 Å². The van der Waals surface area contributed by atoms with Crippen LogP contribution in [0, 0.1) is 11.8 Å². The maximum Gasteiger partial charge on any atom is 0.137 e. The minimum atomic E-state index is 0.397. The van der Waals surface area contributed by atoms with Crippen LogP contribution in [0.15, 0.2) is 0 Å². The first-order valence-electron chi connectivity index (χ1n) is 4.56. The summed E-state index contributed by atoms with van der Waals surface area (Å²) in [6, 6.07) is 0. The Balaban J connectivity index is 2.02. The number of rotatable bonds is 2. The normalized spacial score (nSPS) is 41.4. The van der Waals surface area contributed by atoms with Crippen molar-refractivity contribution in [2.45, 2.75) is 19.8 Å². The first-order chi connectivity index (χ1) is 5.31. The van der Waals surface area contributed by atoms with Crippen LogP contribution in [0.2, 0.25) is 0 Å². The molecular formula is C9H15NO. The molecule has 0 aliphatic carbocycles. The van der Waals surface area contributed by atoms with Gasteiger partial charge < -0.3 is 4.90 Å². The van der Waals surface area contributed by atoms with Crippen molar-refractivity contribution < 1.29 is 4.79 Å². The monoisotopic (exact) mass is 153 g/mol. The SMILES string of the molecule is CCC(=O)[C@H]1CN2CC[C@H]1C2. The van der Waals surface area contributed by atoms with Gasteiger partial charge in [0.1, 0.15) is 5.78 Å². The van der Waals surface area contributed by atoms with Crippen LogP contribution in [0.1, 0.15) is 19.8 Å². The van der Waals surface area contributed by atoms with Crippen molar-refractivity contribution in [3.05, 3.63) is 0 Å². The van der Waals surface area contributed by atoms with E-state index in [0.717, 1.165) is 13.0 Å². The summed E-state index contributed by atoms with van der Waals surface area (Å²) in [5.74, 6) is 1.59. The second kappa shape index (κ2) is 2.59. The van der Waals surface area contributed by atoms with Gasteiger partial charge in [0.2, 0.25) is 0 Å². The van der Waals surface area contributed by atoms with E-state index >= 15 is 0 Å². The molecule has 2 aliphatic rings. The van der Waals surface area contributed by atoms with Gasteiger partial charge in [-0.3, -0.25) is 4.79 Å². The molecule has 2 nitrogen and oxygen atoms in total. The Kier molecular flexibility index (Phi) is 1.72. The molecule has 2 heterocycles. The largest absolute Gasteiger partial charge is 0.302 e. The molecule has 0 N–H and O–H groups in total. The molecule has 0 amide bonds. The van der Waals surface area contributed by atoms with Gasteiger partial charge >= 0.3 is 0 Å². The predicted molar refractivity (Wildman–Crippen MR) is 43.3 cm³/mol. The van der Waals surface area contributed by atoms with Gasteiger partial charge in [-0.05, 0) is 18.9 Å². The van der Waals surface area contributed by atoms with E-state index in [4.69, 9.17) is 0 Å². The summed E-state index contributed by atoms with van der Waals surface area (Å²) in [4.78, 5) is 13.8. The van der Waals surface area contributed by atoms with E-state index in [2.05, 4.69) is 4.90 Å². The molecule has 2 aliphatic heterocycles. The fourth-order valence-corrected chi connectivity index (χ4v) is 2.41. The minimum absolute atomic E-state index is 0.397. The standard InChI is InChI=1S/C9H15NO/c1-2-9(11)8-6-10-4-3-7(8)5-10/h7-8H,2-6H2,1H3/t7-,8-/m0/s1. The second-order valence-corrected chi connectivity index (χ2v) is 3.73. The average Bonchev–Trinajstić information content (AvgIpc) is 2.62. The van der Waals surface area contributed by atoms with Crippen molar-refractivity contribution in [1.82, 2.24) is 4.90 Å². The van der Waals surface area contributed by atoms with E-state index in [-0.39, 0.29) is 0 Å². The van der Waals surface area contributed by atoms with Crippen molar-refractivity contribution >= 4 is 5.78 Å². The molecule has 3 atom stereocenters. The highest BCUT2D eigenvalue weighted by atomic mass is 16.1. The number of Topliss-reactive ketones (excluding diaryl/α,β-unsaturated/α-hetero) is 1. The van der Waals surface area contributed by atoms with Crippen molar-refractivity contribution in [2.24, 2.45) is 11.8 Å². The molecule has 2 fully saturated rings. The maximum absolute atomic E-state index is 11.4. The highest BCUT2D eigenvalue weighted by Crippen LogP contribution is 2.33. The van der Waals surface area contributed by atoms with E-state index in [0.29, 0.717) is 17.6 Å². The van der Waals surface area contributed by atoms with E-state index in [9.17, 15) is 4.79 Å². The third-order valence-corrected chi connectivity index (χ3v) is 3.09. The van der Waals surface area contributed by atoms with Crippen LogP contribution in [-0.2, 0) is 4.79 Å². The molecule has 0 aromatic carbocycles. The number of piperidine rings is 1. The van der Waals surface area contributed by atoms with E-state index in [1.165, 1.54) is 19.5 Å². The van der Waals surface area contributed by atoms with E-state index in [1.807, 2.05) is 6.92 Å². The number of nitrogens with zero attached hydrogens (tertiary/aromatic N) is 1. The molecule has 2 heteroatoms. The summed E-state index contributed by atoms with van der Waals surface area (Å²) in [6.07, 6.45) is 1.99. The van der Waals surface area contributed by atoms with Crippen molar-refractivity contribution in [2.75, 3.05) is 19.6 Å². The summed E-state index contributed by atoms with van der Waals surface area (Å²) >= 11 is 0. The lowest BCUT2D eigenvalue weighted by Gasteiger charge is -2.19. The molecular weight excluding hydrogens is 138 g/mol. The molecule has 0 aromatic heterocycles. The van der Waals surface area contributed by atoms with Crippen molar-refractivity contribution in [1.29, 1.82) is 0 Å². The first-order valence-corrected chi connectivity index (χ1v) is 4.56. The lowest BCUT2D eigenvalue weighted by Crippen LogP contribution is -2.28. The van der Waals surface area contributed by atoms with Gasteiger partial charge in [0.05, 0.1) is 0 Å². The van der Waals surface area contributed by atoms with Gasteiger partial charge in [-0.15, -0.1) is 0 Å². The molecule has 0 spiro atoms. The Labute approximate surface area is 67.6 Å². The zero-order valence-electron chi connectivity index (χ0n) is 7.05. The molecule has 0 radical (unpaired) electrons. The average molecular weight is 153 g/mol. The minimum Gasteiger partial charge on any atom is -0.302 e. The van der Waals surface area contributed by atoms with Crippen LogP contribution in [0.5, 0.6) is 0 Å². The van der Waals surface area contributed by atoms with Crippen LogP contribution in [0.4, 0.5) is 0 Å². The van der Waals surface area contributed by atoms with Crippen LogP contribution in [0.3, 0.4) is 0 Å². The smallest absolute Gasteiger partial charge is 0.137 e. The Bertz CT molecular complexity index is 178. The Morgan fingerprint density at radius 3 is 2.82 bits per heavy atom. The molecule has 0 saturated carbocycles. The Morgan fingerprint density at radius 2 is 2.36 bits per heavy atom. The van der Waals surface area contributed by atoms with Crippen molar-refractivity contribution in [3.8, 4) is 0 Å². The number of hydrogen-bond acceptors (Lipinski definition) is 2. The van der Waals surface area contributed by atoms with Crippen LogP contribution < -0.4 is 0 Å². The van der Waals surface area contributed by atoms with Crippen molar-refractivity contribution in [3.63, 3.8) is 0 Å². The molecule has 0 aromatic rings. The van der Waals surface area contributed by atoms with E-state index in [1.54, 1.807) is 0 Å². The fourth-order valence-electron chi connectivity index (χ4n) is 2.41. The topological polar surface area (TPSA) is 20.3 Å². The summed E-state index contributed by atoms with van der Waals surface area (Å²) in [7, 11) is 0. The van der Waals surface area contributed by atoms with Gasteiger partial charge in [0, 0.05) is 25.4 Å². The quantitative estimate of drug-likeness (QED) is 0.588. The molecule has 11 heavy (non-hydrogen) atoms. The van der Waals surface area contributed by atoms with Crippen LogP contribution in [0.25, 0.3) is 0 Å². The highest BCUT2D eigenvalue weighted by molar-refractivity contribution is 5.81. The van der Waals surface area contributed by atoms with Gasteiger partial charge in [0.25, 0.3) is 0 Å². The molecule has 2 bridgehead atoms. The van der Waals surface area contributed by atoms with Crippen LogP contribution >= 0.6 is 0 Å². The summed E-state index contributed by atoms with van der Waals surface area (Å²) in [5, 5.41) is 0. The Morgan fingerprint density at radius 1 is 1.55 bits per heavy atom.